The Hall–Kier alpha value is -2.87. The van der Waals surface area contributed by atoms with E-state index in [1.807, 2.05) is 13.8 Å². The van der Waals surface area contributed by atoms with E-state index in [-0.39, 0.29) is 6.61 Å². The second kappa shape index (κ2) is 9.09. The first-order valence-electron chi connectivity index (χ1n) is 9.61. The maximum absolute atomic E-state index is 12.5. The molecule has 9 heteroatoms. The summed E-state index contributed by atoms with van der Waals surface area (Å²) < 4.78 is 8.58. The third-order valence-electron chi connectivity index (χ3n) is 4.56. The molecule has 0 spiro atoms. The normalized spacial score (nSPS) is 11.1. The molecule has 0 aliphatic heterocycles. The van der Waals surface area contributed by atoms with Crippen molar-refractivity contribution in [3.05, 3.63) is 61.5 Å². The average Bonchev–Trinajstić information content (AvgIpc) is 3.05. The predicted octanol–water partition coefficient (Wildman–Crippen LogP) is 3.11. The van der Waals surface area contributed by atoms with E-state index in [9.17, 15) is 14.4 Å². The van der Waals surface area contributed by atoms with Gasteiger partial charge in [-0.15, -0.1) is 0 Å². The number of hydrogen-bond donors (Lipinski definition) is 1. The van der Waals surface area contributed by atoms with E-state index in [0.717, 1.165) is 19.3 Å². The van der Waals surface area contributed by atoms with E-state index in [0.29, 0.717) is 40.7 Å². The van der Waals surface area contributed by atoms with Crippen LogP contribution >= 0.6 is 11.6 Å². The van der Waals surface area contributed by atoms with E-state index < -0.39 is 17.2 Å². The molecular weight excluding hydrogens is 396 g/mol. The number of carbonyl (C=O) groups is 1. The van der Waals surface area contributed by atoms with E-state index in [1.165, 1.54) is 4.57 Å². The Balaban J connectivity index is 1.98. The SMILES string of the molecule is CCCCn1c(=O)[nH]c(=O)c2c1nc(COC(=O)c1ccc(Cl)cc1)n2CCC. The van der Waals surface area contributed by atoms with Gasteiger partial charge < -0.3 is 9.30 Å². The smallest absolute Gasteiger partial charge is 0.338 e. The highest BCUT2D eigenvalue weighted by atomic mass is 35.5. The molecule has 0 unspecified atom stereocenters. The number of aryl methyl sites for hydroxylation is 2. The molecule has 2 aromatic heterocycles. The molecule has 0 saturated heterocycles. The van der Waals surface area contributed by atoms with Crippen molar-refractivity contribution in [2.24, 2.45) is 0 Å². The Morgan fingerprint density at radius 2 is 1.83 bits per heavy atom. The first-order valence-corrected chi connectivity index (χ1v) is 9.99. The van der Waals surface area contributed by atoms with Gasteiger partial charge in [-0.2, -0.15) is 0 Å². The number of nitrogens with one attached hydrogen (secondary N) is 1. The lowest BCUT2D eigenvalue weighted by atomic mass is 10.2. The Kier molecular flexibility index (Phi) is 6.53. The summed E-state index contributed by atoms with van der Waals surface area (Å²) in [4.78, 5) is 43.9. The minimum atomic E-state index is -0.519. The number of ether oxygens (including phenoxy) is 1. The third-order valence-corrected chi connectivity index (χ3v) is 4.81. The first kappa shape index (κ1) is 20.9. The van der Waals surface area contributed by atoms with Crippen molar-refractivity contribution < 1.29 is 9.53 Å². The Morgan fingerprint density at radius 1 is 1.10 bits per heavy atom. The van der Waals surface area contributed by atoms with Crippen LogP contribution in [0.3, 0.4) is 0 Å². The van der Waals surface area contributed by atoms with E-state index in [4.69, 9.17) is 16.3 Å². The first-order chi connectivity index (χ1) is 14.0. The molecule has 3 rings (SSSR count). The molecular formula is C20H23ClN4O4. The van der Waals surface area contributed by atoms with Gasteiger partial charge in [-0.25, -0.2) is 14.6 Å². The molecule has 0 radical (unpaired) electrons. The Morgan fingerprint density at radius 3 is 2.48 bits per heavy atom. The number of benzene rings is 1. The number of carbonyl (C=O) groups excluding carboxylic acids is 1. The number of H-pyrrole nitrogens is 1. The fourth-order valence-electron chi connectivity index (χ4n) is 3.12. The number of rotatable bonds is 8. The van der Waals surface area contributed by atoms with Crippen LogP contribution in [0.25, 0.3) is 11.2 Å². The van der Waals surface area contributed by atoms with Crippen molar-refractivity contribution in [1.82, 2.24) is 19.1 Å². The summed E-state index contributed by atoms with van der Waals surface area (Å²) >= 11 is 5.84. The molecule has 2 heterocycles. The minimum absolute atomic E-state index is 0.114. The van der Waals surface area contributed by atoms with Gasteiger partial charge in [-0.05, 0) is 37.1 Å². The second-order valence-electron chi connectivity index (χ2n) is 6.70. The lowest BCUT2D eigenvalue weighted by molar-refractivity contribution is 0.0458. The Bertz CT molecular complexity index is 1130. The molecule has 0 bridgehead atoms. The molecule has 0 atom stereocenters. The molecule has 29 heavy (non-hydrogen) atoms. The maximum atomic E-state index is 12.5. The maximum Gasteiger partial charge on any atom is 0.338 e. The number of imidazole rings is 1. The van der Waals surface area contributed by atoms with Gasteiger partial charge in [0.15, 0.2) is 11.2 Å². The minimum Gasteiger partial charge on any atom is -0.454 e. The van der Waals surface area contributed by atoms with Gasteiger partial charge in [0.2, 0.25) is 0 Å². The largest absolute Gasteiger partial charge is 0.454 e. The number of unbranched alkanes of at least 4 members (excludes halogenated alkanes) is 1. The van der Waals surface area contributed by atoms with Crippen LogP contribution in [0.2, 0.25) is 5.02 Å². The van der Waals surface area contributed by atoms with Crippen molar-refractivity contribution in [2.75, 3.05) is 0 Å². The summed E-state index contributed by atoms with van der Waals surface area (Å²) in [5, 5.41) is 0.524. The zero-order valence-corrected chi connectivity index (χ0v) is 17.2. The summed E-state index contributed by atoms with van der Waals surface area (Å²) in [6.07, 6.45) is 2.42. The molecule has 0 aliphatic rings. The molecule has 0 aliphatic carbocycles. The summed E-state index contributed by atoms with van der Waals surface area (Å²) in [5.41, 5.74) is 0.0272. The van der Waals surface area contributed by atoms with Crippen LogP contribution in [-0.2, 0) is 24.4 Å². The van der Waals surface area contributed by atoms with Crippen molar-refractivity contribution in [2.45, 2.75) is 52.8 Å². The molecule has 8 nitrogen and oxygen atoms in total. The number of fused-ring (bicyclic) bond motifs is 1. The van der Waals surface area contributed by atoms with Gasteiger partial charge in [0.25, 0.3) is 5.56 Å². The lowest BCUT2D eigenvalue weighted by Crippen LogP contribution is -2.31. The van der Waals surface area contributed by atoms with Gasteiger partial charge in [-0.3, -0.25) is 14.3 Å². The van der Waals surface area contributed by atoms with Gasteiger partial charge >= 0.3 is 11.7 Å². The zero-order chi connectivity index (χ0) is 21.0. The van der Waals surface area contributed by atoms with Crippen molar-refractivity contribution in [3.63, 3.8) is 0 Å². The number of halogens is 1. The van der Waals surface area contributed by atoms with Gasteiger partial charge in [0.05, 0.1) is 5.56 Å². The third kappa shape index (κ3) is 4.42. The number of hydrogen-bond acceptors (Lipinski definition) is 5. The van der Waals surface area contributed by atoms with Gasteiger partial charge in [0.1, 0.15) is 12.4 Å². The molecule has 0 amide bonds. The van der Waals surface area contributed by atoms with Crippen LogP contribution in [0.4, 0.5) is 0 Å². The monoisotopic (exact) mass is 418 g/mol. The second-order valence-corrected chi connectivity index (χ2v) is 7.14. The summed E-state index contributed by atoms with van der Waals surface area (Å²) in [6, 6.07) is 6.37. The number of nitrogens with zero attached hydrogens (tertiary/aromatic N) is 3. The predicted molar refractivity (Wildman–Crippen MR) is 110 cm³/mol. The lowest BCUT2D eigenvalue weighted by Gasteiger charge is -2.08. The van der Waals surface area contributed by atoms with E-state index in [2.05, 4.69) is 9.97 Å². The molecule has 1 N–H and O–H groups in total. The highest BCUT2D eigenvalue weighted by Gasteiger charge is 2.19. The molecule has 3 aromatic rings. The highest BCUT2D eigenvalue weighted by molar-refractivity contribution is 6.30. The number of aromatic nitrogens is 4. The van der Waals surface area contributed by atoms with Crippen LogP contribution in [-0.4, -0.2) is 25.1 Å². The quantitative estimate of drug-likeness (QED) is 0.566. The number of aromatic amines is 1. The average molecular weight is 419 g/mol. The summed E-state index contributed by atoms with van der Waals surface area (Å²) in [5.74, 6) is -0.0976. The van der Waals surface area contributed by atoms with E-state index in [1.54, 1.807) is 28.8 Å². The molecule has 154 valence electrons. The summed E-state index contributed by atoms with van der Waals surface area (Å²) in [6.45, 7) is 4.84. The number of esters is 1. The molecule has 1 aromatic carbocycles. The van der Waals surface area contributed by atoms with Crippen molar-refractivity contribution in [1.29, 1.82) is 0 Å². The summed E-state index contributed by atoms with van der Waals surface area (Å²) in [7, 11) is 0. The van der Waals surface area contributed by atoms with Crippen LogP contribution in [0.5, 0.6) is 0 Å². The Labute approximate surface area is 172 Å². The zero-order valence-electron chi connectivity index (χ0n) is 16.4. The van der Waals surface area contributed by atoms with Gasteiger partial charge in [-0.1, -0.05) is 31.9 Å². The topological polar surface area (TPSA) is 99.0 Å². The van der Waals surface area contributed by atoms with Gasteiger partial charge in [0, 0.05) is 18.1 Å². The fourth-order valence-corrected chi connectivity index (χ4v) is 3.24. The van der Waals surface area contributed by atoms with Crippen LogP contribution in [0.15, 0.2) is 33.9 Å². The van der Waals surface area contributed by atoms with Crippen molar-refractivity contribution >= 4 is 28.7 Å². The van der Waals surface area contributed by atoms with Crippen LogP contribution in [0.1, 0.15) is 49.3 Å². The fraction of sp³-hybridized carbons (Fsp3) is 0.400. The molecule has 0 fully saturated rings. The van der Waals surface area contributed by atoms with Crippen molar-refractivity contribution in [3.8, 4) is 0 Å². The molecule has 0 saturated carbocycles. The highest BCUT2D eigenvalue weighted by Crippen LogP contribution is 2.15. The standard InChI is InChI=1S/C20H23ClN4O4/c1-3-5-11-25-17-16(18(26)23-20(25)28)24(10-4-2)15(22-17)12-29-19(27)13-6-8-14(21)9-7-13/h6-9H,3-5,10-12H2,1-2H3,(H,23,26,28). The van der Waals surface area contributed by atoms with E-state index >= 15 is 0 Å². The van der Waals surface area contributed by atoms with Crippen LogP contribution < -0.4 is 11.2 Å². The van der Waals surface area contributed by atoms with Crippen LogP contribution in [0, 0.1) is 0 Å².